The molecule has 8 heteroatoms. The van der Waals surface area contributed by atoms with E-state index in [9.17, 15) is 9.59 Å². The van der Waals surface area contributed by atoms with Gasteiger partial charge in [-0.3, -0.25) is 19.0 Å². The number of carbonyl (C=O) groups excluding carboxylic acids is 2. The highest BCUT2D eigenvalue weighted by atomic mass is 16.2. The number of nitrogens with one attached hydrogen (secondary N) is 2. The van der Waals surface area contributed by atoms with Crippen LogP contribution in [0.15, 0.2) is 6.07 Å². The Labute approximate surface area is 134 Å². The molecule has 0 saturated heterocycles. The lowest BCUT2D eigenvalue weighted by Gasteiger charge is -2.07. The molecule has 2 N–H and O–H groups in total. The van der Waals surface area contributed by atoms with Crippen LogP contribution in [0.5, 0.6) is 0 Å². The van der Waals surface area contributed by atoms with Crippen molar-refractivity contribution in [1.82, 2.24) is 24.9 Å². The van der Waals surface area contributed by atoms with E-state index < -0.39 is 0 Å². The van der Waals surface area contributed by atoms with E-state index >= 15 is 0 Å². The van der Waals surface area contributed by atoms with Crippen molar-refractivity contribution < 1.29 is 9.59 Å². The summed E-state index contributed by atoms with van der Waals surface area (Å²) in [5, 5.41) is 13.8. The van der Waals surface area contributed by atoms with Gasteiger partial charge in [-0.2, -0.15) is 10.2 Å². The summed E-state index contributed by atoms with van der Waals surface area (Å²) < 4.78 is 3.43. The highest BCUT2D eigenvalue weighted by Gasteiger charge is 2.15. The number of amides is 2. The molecule has 0 aromatic carbocycles. The average molecular weight is 318 g/mol. The van der Waals surface area contributed by atoms with E-state index in [2.05, 4.69) is 20.8 Å². The third-order valence-corrected chi connectivity index (χ3v) is 3.70. The fourth-order valence-corrected chi connectivity index (χ4v) is 2.29. The topological polar surface area (TPSA) is 93.8 Å². The Kier molecular flexibility index (Phi) is 4.83. The molecule has 124 valence electrons. The van der Waals surface area contributed by atoms with Crippen molar-refractivity contribution in [1.29, 1.82) is 0 Å². The summed E-state index contributed by atoms with van der Waals surface area (Å²) >= 11 is 0. The van der Waals surface area contributed by atoms with Gasteiger partial charge in [-0.05, 0) is 33.8 Å². The van der Waals surface area contributed by atoms with Crippen molar-refractivity contribution in [2.24, 2.45) is 7.05 Å². The van der Waals surface area contributed by atoms with Gasteiger partial charge in [-0.15, -0.1) is 0 Å². The number of hydrogen-bond acceptors (Lipinski definition) is 4. The predicted octanol–water partition coefficient (Wildman–Crippen LogP) is 0.930. The number of aryl methyl sites for hydroxylation is 4. The zero-order valence-electron chi connectivity index (χ0n) is 14.1. The van der Waals surface area contributed by atoms with Crippen LogP contribution in [0, 0.1) is 20.8 Å². The van der Waals surface area contributed by atoms with Crippen LogP contribution in [0.4, 0.5) is 5.69 Å². The second-order valence-electron chi connectivity index (χ2n) is 5.39. The quantitative estimate of drug-likeness (QED) is 0.857. The predicted molar refractivity (Wildman–Crippen MR) is 86.3 cm³/mol. The number of hydrogen-bond donors (Lipinski definition) is 2. The van der Waals surface area contributed by atoms with Gasteiger partial charge in [0.05, 0.1) is 23.6 Å². The summed E-state index contributed by atoms with van der Waals surface area (Å²) in [6.07, 6.45) is 0. The maximum Gasteiger partial charge on any atom is 0.272 e. The van der Waals surface area contributed by atoms with Gasteiger partial charge in [0.2, 0.25) is 5.91 Å². The minimum Gasteiger partial charge on any atom is -0.342 e. The number of carbonyl (C=O) groups is 2. The second-order valence-corrected chi connectivity index (χ2v) is 5.39. The van der Waals surface area contributed by atoms with Crippen LogP contribution in [0.2, 0.25) is 0 Å². The van der Waals surface area contributed by atoms with Gasteiger partial charge < -0.3 is 10.6 Å². The largest absolute Gasteiger partial charge is 0.342 e. The molecule has 2 aromatic rings. The molecule has 0 unspecified atom stereocenters. The smallest absolute Gasteiger partial charge is 0.272 e. The monoisotopic (exact) mass is 318 g/mol. The second kappa shape index (κ2) is 6.64. The number of nitrogens with zero attached hydrogens (tertiary/aromatic N) is 4. The van der Waals surface area contributed by atoms with Crippen molar-refractivity contribution in [3.8, 4) is 0 Å². The summed E-state index contributed by atoms with van der Waals surface area (Å²) in [5.74, 6) is -0.672. The third-order valence-electron chi connectivity index (χ3n) is 3.70. The highest BCUT2D eigenvalue weighted by Crippen LogP contribution is 2.18. The Bertz CT molecular complexity index is 724. The first-order valence-electron chi connectivity index (χ1n) is 7.46. The number of rotatable bonds is 5. The minimum atomic E-state index is -0.374. The zero-order chi connectivity index (χ0) is 17.1. The van der Waals surface area contributed by atoms with Gasteiger partial charge in [0.15, 0.2) is 0 Å². The van der Waals surface area contributed by atoms with Crippen LogP contribution in [0.1, 0.15) is 34.5 Å². The summed E-state index contributed by atoms with van der Waals surface area (Å²) in [5.41, 5.74) is 3.51. The lowest BCUT2D eigenvalue weighted by molar-refractivity contribution is -0.115. The van der Waals surface area contributed by atoms with Crippen LogP contribution in [-0.2, 0) is 18.4 Å². The molecule has 2 rings (SSSR count). The first kappa shape index (κ1) is 16.7. The maximum absolute atomic E-state index is 12.0. The SMILES string of the molecule is CCn1nc(C)c(NC(=O)CNC(=O)c2cc(C)n(C)n2)c1C. The zero-order valence-corrected chi connectivity index (χ0v) is 14.1. The van der Waals surface area contributed by atoms with Gasteiger partial charge in [-0.25, -0.2) is 0 Å². The first-order valence-corrected chi connectivity index (χ1v) is 7.46. The van der Waals surface area contributed by atoms with E-state index in [1.807, 2.05) is 32.4 Å². The molecule has 0 bridgehead atoms. The molecule has 0 atom stereocenters. The Morgan fingerprint density at radius 2 is 1.91 bits per heavy atom. The first-order chi connectivity index (χ1) is 10.8. The molecule has 0 radical (unpaired) electrons. The molecule has 0 saturated carbocycles. The van der Waals surface area contributed by atoms with Crippen molar-refractivity contribution in [2.45, 2.75) is 34.2 Å². The van der Waals surface area contributed by atoms with Gasteiger partial charge >= 0.3 is 0 Å². The summed E-state index contributed by atoms with van der Waals surface area (Å²) in [4.78, 5) is 24.0. The van der Waals surface area contributed by atoms with Gasteiger partial charge in [0.25, 0.3) is 5.91 Å². The lowest BCUT2D eigenvalue weighted by atomic mass is 10.3. The van der Waals surface area contributed by atoms with Crippen LogP contribution in [0.3, 0.4) is 0 Å². The molecule has 0 aliphatic carbocycles. The van der Waals surface area contributed by atoms with E-state index in [0.29, 0.717) is 11.4 Å². The molecule has 0 aliphatic rings. The van der Waals surface area contributed by atoms with Gasteiger partial charge in [0, 0.05) is 19.3 Å². The Hall–Kier alpha value is -2.64. The van der Waals surface area contributed by atoms with Gasteiger partial charge in [-0.1, -0.05) is 0 Å². The summed E-state index contributed by atoms with van der Waals surface area (Å²) in [6.45, 7) is 8.19. The molecule has 23 heavy (non-hydrogen) atoms. The minimum absolute atomic E-state index is 0.120. The lowest BCUT2D eigenvalue weighted by Crippen LogP contribution is -2.33. The van der Waals surface area contributed by atoms with Gasteiger partial charge in [0.1, 0.15) is 5.69 Å². The van der Waals surface area contributed by atoms with Crippen molar-refractivity contribution in [2.75, 3.05) is 11.9 Å². The van der Waals surface area contributed by atoms with Crippen LogP contribution in [-0.4, -0.2) is 37.9 Å². The van der Waals surface area contributed by atoms with Crippen LogP contribution >= 0.6 is 0 Å². The molecular formula is C15H22N6O2. The standard InChI is InChI=1S/C15H22N6O2/c1-6-21-11(4)14(10(3)18-21)17-13(22)8-16-15(23)12-7-9(2)20(5)19-12/h7H,6,8H2,1-5H3,(H,16,23)(H,17,22). The highest BCUT2D eigenvalue weighted by molar-refractivity contribution is 5.98. The van der Waals surface area contributed by atoms with E-state index in [1.54, 1.807) is 17.8 Å². The van der Waals surface area contributed by atoms with Crippen molar-refractivity contribution in [3.05, 3.63) is 28.8 Å². The molecular weight excluding hydrogens is 296 g/mol. The molecule has 0 fully saturated rings. The Morgan fingerprint density at radius 1 is 1.22 bits per heavy atom. The van der Waals surface area contributed by atoms with Crippen LogP contribution < -0.4 is 10.6 Å². The average Bonchev–Trinajstić information content (AvgIpc) is 2.98. The molecule has 0 aliphatic heterocycles. The molecule has 2 heterocycles. The van der Waals surface area contributed by atoms with Crippen molar-refractivity contribution in [3.63, 3.8) is 0 Å². The molecule has 8 nitrogen and oxygen atoms in total. The van der Waals surface area contributed by atoms with Crippen molar-refractivity contribution >= 4 is 17.5 Å². The fraction of sp³-hybridized carbons (Fsp3) is 0.467. The maximum atomic E-state index is 12.0. The molecule has 2 amide bonds. The number of anilines is 1. The Balaban J connectivity index is 1.95. The van der Waals surface area contributed by atoms with Crippen LogP contribution in [0.25, 0.3) is 0 Å². The summed E-state index contributed by atoms with van der Waals surface area (Å²) in [7, 11) is 1.76. The molecule has 2 aromatic heterocycles. The fourth-order valence-electron chi connectivity index (χ4n) is 2.29. The van der Waals surface area contributed by atoms with E-state index in [4.69, 9.17) is 0 Å². The Morgan fingerprint density at radius 3 is 2.43 bits per heavy atom. The van der Waals surface area contributed by atoms with E-state index in [1.165, 1.54) is 0 Å². The normalized spacial score (nSPS) is 10.7. The number of aromatic nitrogens is 4. The van der Waals surface area contributed by atoms with E-state index in [-0.39, 0.29) is 18.4 Å². The van der Waals surface area contributed by atoms with E-state index in [0.717, 1.165) is 23.6 Å². The molecule has 0 spiro atoms. The summed E-state index contributed by atoms with van der Waals surface area (Å²) in [6, 6.07) is 1.67. The third kappa shape index (κ3) is 3.58.